The van der Waals surface area contributed by atoms with Crippen LogP contribution in [0.3, 0.4) is 0 Å². The van der Waals surface area contributed by atoms with Gasteiger partial charge < -0.3 is 9.47 Å². The number of hydrogen-bond donors (Lipinski definition) is 0. The maximum Gasteiger partial charge on any atom is 0.573 e. The largest absolute Gasteiger partial charge is 0.573 e. The summed E-state index contributed by atoms with van der Waals surface area (Å²) in [5.41, 5.74) is 0.133. The van der Waals surface area contributed by atoms with Gasteiger partial charge in [0.2, 0.25) is 5.82 Å². The number of alkyl halides is 3. The smallest absolute Gasteiger partial charge is 0.491 e. The van der Waals surface area contributed by atoms with Crippen LogP contribution in [-0.2, 0) is 0 Å². The van der Waals surface area contributed by atoms with Crippen LogP contribution in [0, 0.1) is 11.6 Å². The third-order valence-electron chi connectivity index (χ3n) is 2.75. The fourth-order valence-electron chi connectivity index (χ4n) is 1.86. The van der Waals surface area contributed by atoms with Crippen molar-refractivity contribution >= 4 is 0 Å². The summed E-state index contributed by atoms with van der Waals surface area (Å²) in [7, 11) is 0. The Balaban J connectivity index is 2.31. The first-order valence-corrected chi connectivity index (χ1v) is 6.29. The van der Waals surface area contributed by atoms with Crippen molar-refractivity contribution in [2.24, 2.45) is 0 Å². The molecule has 0 spiro atoms. The second-order valence-corrected chi connectivity index (χ2v) is 4.24. The van der Waals surface area contributed by atoms with Crippen LogP contribution in [0.1, 0.15) is 6.92 Å². The summed E-state index contributed by atoms with van der Waals surface area (Å²) in [4.78, 5) is 0. The lowest BCUT2D eigenvalue weighted by molar-refractivity contribution is -0.274. The third kappa shape index (κ3) is 3.66. The van der Waals surface area contributed by atoms with Gasteiger partial charge in [-0.3, -0.25) is 0 Å². The van der Waals surface area contributed by atoms with E-state index in [9.17, 15) is 22.0 Å². The van der Waals surface area contributed by atoms with Crippen LogP contribution in [0.25, 0.3) is 11.1 Å². The molecule has 0 N–H and O–H groups in total. The van der Waals surface area contributed by atoms with Crippen LogP contribution >= 0.6 is 0 Å². The summed E-state index contributed by atoms with van der Waals surface area (Å²) < 4.78 is 72.5. The van der Waals surface area contributed by atoms with Gasteiger partial charge in [-0.05, 0) is 36.8 Å². The van der Waals surface area contributed by atoms with Crippen LogP contribution in [0.4, 0.5) is 22.0 Å². The van der Waals surface area contributed by atoms with E-state index in [1.165, 1.54) is 24.3 Å². The van der Waals surface area contributed by atoms with Crippen molar-refractivity contribution in [3.05, 3.63) is 48.0 Å². The summed E-state index contributed by atoms with van der Waals surface area (Å²) >= 11 is 0. The minimum absolute atomic E-state index is 0.0838. The highest BCUT2D eigenvalue weighted by molar-refractivity contribution is 5.66. The first-order valence-electron chi connectivity index (χ1n) is 6.29. The molecule has 22 heavy (non-hydrogen) atoms. The second-order valence-electron chi connectivity index (χ2n) is 4.24. The fraction of sp³-hybridized carbons (Fsp3) is 0.200. The van der Waals surface area contributed by atoms with Crippen molar-refractivity contribution in [3.63, 3.8) is 0 Å². The zero-order valence-electron chi connectivity index (χ0n) is 11.4. The highest BCUT2D eigenvalue weighted by Crippen LogP contribution is 2.31. The molecule has 0 saturated carbocycles. The topological polar surface area (TPSA) is 18.5 Å². The van der Waals surface area contributed by atoms with Gasteiger partial charge in [0.25, 0.3) is 0 Å². The SMILES string of the molecule is CCOc1ccc(-c2ccc(OC(F)(F)F)cc2)c(F)c1F. The molecule has 0 fully saturated rings. The van der Waals surface area contributed by atoms with E-state index >= 15 is 0 Å². The zero-order chi connectivity index (χ0) is 16.3. The number of hydrogen-bond acceptors (Lipinski definition) is 2. The highest BCUT2D eigenvalue weighted by atomic mass is 19.4. The molecule has 0 saturated heterocycles. The van der Waals surface area contributed by atoms with E-state index in [0.29, 0.717) is 0 Å². The first-order chi connectivity index (χ1) is 10.3. The quantitative estimate of drug-likeness (QED) is 0.744. The van der Waals surface area contributed by atoms with E-state index in [1.54, 1.807) is 6.92 Å². The Labute approximate surface area is 123 Å². The van der Waals surface area contributed by atoms with Gasteiger partial charge in [0.05, 0.1) is 6.61 Å². The number of rotatable bonds is 4. The molecule has 0 radical (unpaired) electrons. The average molecular weight is 318 g/mol. The van der Waals surface area contributed by atoms with Crippen molar-refractivity contribution in [1.29, 1.82) is 0 Å². The Kier molecular flexibility index (Phi) is 4.54. The third-order valence-corrected chi connectivity index (χ3v) is 2.75. The molecule has 0 amide bonds. The van der Waals surface area contributed by atoms with Gasteiger partial charge in [0.1, 0.15) is 5.75 Å². The van der Waals surface area contributed by atoms with Crippen LogP contribution in [0.5, 0.6) is 11.5 Å². The van der Waals surface area contributed by atoms with E-state index in [0.717, 1.165) is 12.1 Å². The summed E-state index contributed by atoms with van der Waals surface area (Å²) in [6.07, 6.45) is -4.81. The lowest BCUT2D eigenvalue weighted by Crippen LogP contribution is -2.16. The number of halogens is 5. The van der Waals surface area contributed by atoms with E-state index in [4.69, 9.17) is 4.74 Å². The van der Waals surface area contributed by atoms with E-state index < -0.39 is 23.7 Å². The molecule has 2 nitrogen and oxygen atoms in total. The van der Waals surface area contributed by atoms with Crippen LogP contribution in [0.15, 0.2) is 36.4 Å². The molecular formula is C15H11F5O2. The van der Waals surface area contributed by atoms with Gasteiger partial charge >= 0.3 is 6.36 Å². The van der Waals surface area contributed by atoms with Crippen LogP contribution < -0.4 is 9.47 Å². The van der Waals surface area contributed by atoms with Crippen LogP contribution in [-0.4, -0.2) is 13.0 Å². The predicted molar refractivity (Wildman–Crippen MR) is 69.6 cm³/mol. The molecular weight excluding hydrogens is 307 g/mol. The van der Waals surface area contributed by atoms with Gasteiger partial charge in [-0.1, -0.05) is 12.1 Å². The molecule has 0 aliphatic heterocycles. The summed E-state index contributed by atoms with van der Waals surface area (Å²) in [5, 5.41) is 0. The fourth-order valence-corrected chi connectivity index (χ4v) is 1.86. The van der Waals surface area contributed by atoms with Gasteiger partial charge in [-0.15, -0.1) is 13.2 Å². The summed E-state index contributed by atoms with van der Waals surface area (Å²) in [6.45, 7) is 1.81. The standard InChI is InChI=1S/C15H11F5O2/c1-2-21-12-8-7-11(13(16)14(12)17)9-3-5-10(6-4-9)22-15(18,19)20/h3-8H,2H2,1H3. The Hall–Kier alpha value is -2.31. The molecule has 0 aromatic heterocycles. The Bertz CT molecular complexity index is 650. The monoisotopic (exact) mass is 318 g/mol. The summed E-state index contributed by atoms with van der Waals surface area (Å²) in [6, 6.07) is 7.02. The van der Waals surface area contributed by atoms with Gasteiger partial charge in [0.15, 0.2) is 11.6 Å². The van der Waals surface area contributed by atoms with Crippen molar-refractivity contribution < 1.29 is 31.4 Å². The number of ether oxygens (including phenoxy) is 2. The predicted octanol–water partition coefficient (Wildman–Crippen LogP) is 4.93. The minimum atomic E-state index is -4.81. The Morgan fingerprint density at radius 1 is 0.909 bits per heavy atom. The molecule has 2 rings (SSSR count). The molecule has 0 unspecified atom stereocenters. The molecule has 118 valence electrons. The molecule has 0 aliphatic rings. The minimum Gasteiger partial charge on any atom is -0.491 e. The Morgan fingerprint density at radius 3 is 2.09 bits per heavy atom. The lowest BCUT2D eigenvalue weighted by Gasteiger charge is -2.11. The lowest BCUT2D eigenvalue weighted by atomic mass is 10.0. The molecule has 0 aliphatic carbocycles. The van der Waals surface area contributed by atoms with Gasteiger partial charge in [0, 0.05) is 5.56 Å². The highest BCUT2D eigenvalue weighted by Gasteiger charge is 2.31. The molecule has 0 heterocycles. The van der Waals surface area contributed by atoms with Crippen molar-refractivity contribution in [3.8, 4) is 22.6 Å². The first kappa shape index (κ1) is 16.1. The average Bonchev–Trinajstić information content (AvgIpc) is 2.44. The normalized spacial score (nSPS) is 11.4. The Morgan fingerprint density at radius 2 is 1.55 bits per heavy atom. The number of benzene rings is 2. The van der Waals surface area contributed by atoms with E-state index in [2.05, 4.69) is 4.74 Å². The van der Waals surface area contributed by atoms with Crippen LogP contribution in [0.2, 0.25) is 0 Å². The van der Waals surface area contributed by atoms with Crippen molar-refractivity contribution in [1.82, 2.24) is 0 Å². The van der Waals surface area contributed by atoms with E-state index in [1.807, 2.05) is 0 Å². The molecule has 2 aromatic carbocycles. The molecule has 2 aromatic rings. The second kappa shape index (κ2) is 6.21. The molecule has 0 bridgehead atoms. The van der Waals surface area contributed by atoms with Crippen molar-refractivity contribution in [2.75, 3.05) is 6.61 Å². The maximum atomic E-state index is 14.0. The summed E-state index contributed by atoms with van der Waals surface area (Å²) in [5.74, 6) is -2.94. The molecule has 7 heteroatoms. The van der Waals surface area contributed by atoms with Gasteiger partial charge in [-0.2, -0.15) is 4.39 Å². The van der Waals surface area contributed by atoms with Crippen molar-refractivity contribution in [2.45, 2.75) is 13.3 Å². The van der Waals surface area contributed by atoms with E-state index in [-0.39, 0.29) is 23.5 Å². The van der Waals surface area contributed by atoms with Gasteiger partial charge in [-0.25, -0.2) is 4.39 Å². The molecule has 0 atom stereocenters. The maximum absolute atomic E-state index is 14.0. The zero-order valence-corrected chi connectivity index (χ0v) is 11.4.